The molecular weight excluding hydrogens is 564 g/mol. The number of carbonyl (C=O) groups excluding carboxylic acids is 1. The topological polar surface area (TPSA) is 32.8 Å². The SMILES string of the molecule is CC.CCCCCCCCCC(CCCCCCCCC)OC(=O)CCCCCCCN(CCCCCCCCC)CCN(C)C. The summed E-state index contributed by atoms with van der Waals surface area (Å²) in [6.07, 6.45) is 37.1. The molecule has 0 amide bonds. The van der Waals surface area contributed by atoms with Gasteiger partial charge in [0.25, 0.3) is 0 Å². The Labute approximate surface area is 292 Å². The molecule has 0 aliphatic rings. The number of hydrogen-bond donors (Lipinski definition) is 0. The third-order valence-electron chi connectivity index (χ3n) is 9.35. The summed E-state index contributed by atoms with van der Waals surface area (Å²) < 4.78 is 6.07. The average molecular weight is 653 g/mol. The van der Waals surface area contributed by atoms with Crippen molar-refractivity contribution < 1.29 is 9.53 Å². The molecule has 0 saturated heterocycles. The van der Waals surface area contributed by atoms with E-state index in [4.69, 9.17) is 4.74 Å². The summed E-state index contributed by atoms with van der Waals surface area (Å²) in [7, 11) is 4.37. The van der Waals surface area contributed by atoms with E-state index in [0.717, 1.165) is 32.2 Å². The zero-order valence-corrected chi connectivity index (χ0v) is 33.1. The number of rotatable bonds is 36. The van der Waals surface area contributed by atoms with E-state index >= 15 is 0 Å². The van der Waals surface area contributed by atoms with Crippen LogP contribution in [-0.4, -0.2) is 62.1 Å². The first-order valence-corrected chi connectivity index (χ1v) is 21.1. The number of likely N-dealkylation sites (N-methyl/N-ethyl adjacent to an activating group) is 1. The maximum Gasteiger partial charge on any atom is 0.306 e. The number of ether oxygens (including phenoxy) is 1. The molecule has 0 unspecified atom stereocenters. The van der Waals surface area contributed by atoms with Gasteiger partial charge in [-0.1, -0.05) is 169 Å². The van der Waals surface area contributed by atoms with Gasteiger partial charge in [0.15, 0.2) is 0 Å². The number of carbonyl (C=O) groups is 1. The molecule has 0 aromatic rings. The first-order valence-electron chi connectivity index (χ1n) is 21.1. The van der Waals surface area contributed by atoms with Crippen LogP contribution in [0.2, 0.25) is 0 Å². The minimum atomic E-state index is 0.0606. The third-order valence-corrected chi connectivity index (χ3v) is 9.35. The molecule has 0 aliphatic carbocycles. The fraction of sp³-hybridized carbons (Fsp3) is 0.976. The number of unbranched alkanes of at least 4 members (excludes halogenated alkanes) is 22. The summed E-state index contributed by atoms with van der Waals surface area (Å²) in [5.74, 6) is 0.0606. The van der Waals surface area contributed by atoms with Crippen molar-refractivity contribution in [1.82, 2.24) is 9.80 Å². The smallest absolute Gasteiger partial charge is 0.306 e. The summed E-state index contributed by atoms with van der Waals surface area (Å²) in [5.41, 5.74) is 0. The Kier molecular flexibility index (Phi) is 41.9. The molecule has 4 nitrogen and oxygen atoms in total. The van der Waals surface area contributed by atoms with Gasteiger partial charge in [-0.05, 0) is 72.1 Å². The minimum absolute atomic E-state index is 0.0606. The lowest BCUT2D eigenvalue weighted by Crippen LogP contribution is -2.33. The predicted molar refractivity (Wildman–Crippen MR) is 207 cm³/mol. The second kappa shape index (κ2) is 40.6. The maximum atomic E-state index is 12.7. The van der Waals surface area contributed by atoms with E-state index in [-0.39, 0.29) is 12.1 Å². The van der Waals surface area contributed by atoms with Gasteiger partial charge in [0.2, 0.25) is 0 Å². The normalized spacial score (nSPS) is 11.4. The molecule has 4 heteroatoms. The van der Waals surface area contributed by atoms with Crippen molar-refractivity contribution in [2.24, 2.45) is 0 Å². The summed E-state index contributed by atoms with van der Waals surface area (Å²) in [4.78, 5) is 17.7. The predicted octanol–water partition coefficient (Wildman–Crippen LogP) is 13.2. The number of nitrogens with zero attached hydrogens (tertiary/aromatic N) is 2. The largest absolute Gasteiger partial charge is 0.462 e. The van der Waals surface area contributed by atoms with Gasteiger partial charge in [0.05, 0.1) is 0 Å². The Hall–Kier alpha value is -0.610. The molecule has 46 heavy (non-hydrogen) atoms. The van der Waals surface area contributed by atoms with Crippen molar-refractivity contribution >= 4 is 5.97 Å². The molecule has 0 atom stereocenters. The Morgan fingerprint density at radius 3 is 1.20 bits per heavy atom. The Balaban J connectivity index is 0. The average Bonchev–Trinajstić information content (AvgIpc) is 3.05. The summed E-state index contributed by atoms with van der Waals surface area (Å²) >= 11 is 0. The maximum absolute atomic E-state index is 12.7. The fourth-order valence-electron chi connectivity index (χ4n) is 6.27. The van der Waals surface area contributed by atoms with Gasteiger partial charge < -0.3 is 14.5 Å². The molecule has 0 aliphatic heterocycles. The summed E-state index contributed by atoms with van der Waals surface area (Å²) in [6.45, 7) is 15.7. The number of esters is 1. The van der Waals surface area contributed by atoms with E-state index in [9.17, 15) is 4.79 Å². The number of hydrogen-bond acceptors (Lipinski definition) is 4. The van der Waals surface area contributed by atoms with Crippen LogP contribution in [0.1, 0.15) is 221 Å². The van der Waals surface area contributed by atoms with Crippen LogP contribution in [0.5, 0.6) is 0 Å². The molecule has 0 fully saturated rings. The van der Waals surface area contributed by atoms with E-state index in [1.165, 1.54) is 174 Å². The molecule has 0 aromatic heterocycles. The van der Waals surface area contributed by atoms with E-state index in [1.54, 1.807) is 0 Å². The molecule has 0 bridgehead atoms. The summed E-state index contributed by atoms with van der Waals surface area (Å²) in [5, 5.41) is 0. The van der Waals surface area contributed by atoms with Gasteiger partial charge in [0.1, 0.15) is 6.10 Å². The molecule has 0 heterocycles. The highest BCUT2D eigenvalue weighted by molar-refractivity contribution is 5.69. The highest BCUT2D eigenvalue weighted by Gasteiger charge is 2.14. The lowest BCUT2D eigenvalue weighted by atomic mass is 10.0. The van der Waals surface area contributed by atoms with Crippen molar-refractivity contribution in [2.45, 2.75) is 227 Å². The Bertz CT molecular complexity index is 550. The van der Waals surface area contributed by atoms with Crippen LogP contribution in [0, 0.1) is 0 Å². The molecule has 0 radical (unpaired) electrons. The van der Waals surface area contributed by atoms with Gasteiger partial charge in [-0.15, -0.1) is 0 Å². The van der Waals surface area contributed by atoms with Crippen molar-refractivity contribution in [3.8, 4) is 0 Å². The minimum Gasteiger partial charge on any atom is -0.462 e. The molecular formula is C42H88N2O2. The first-order chi connectivity index (χ1) is 22.5. The van der Waals surface area contributed by atoms with Crippen molar-refractivity contribution in [3.05, 3.63) is 0 Å². The molecule has 278 valence electrons. The lowest BCUT2D eigenvalue weighted by molar-refractivity contribution is -0.150. The van der Waals surface area contributed by atoms with Crippen molar-refractivity contribution in [3.63, 3.8) is 0 Å². The van der Waals surface area contributed by atoms with Crippen LogP contribution in [-0.2, 0) is 9.53 Å². The van der Waals surface area contributed by atoms with Crippen LogP contribution >= 0.6 is 0 Å². The summed E-state index contributed by atoms with van der Waals surface area (Å²) in [6, 6.07) is 0. The van der Waals surface area contributed by atoms with Gasteiger partial charge in [-0.3, -0.25) is 4.79 Å². The highest BCUT2D eigenvalue weighted by atomic mass is 16.5. The standard InChI is InChI=1S/C40H82N2O2.C2H6/c1-6-9-12-15-18-22-27-32-39(33-28-23-19-16-13-10-7-2)44-40(43)34-29-24-21-26-31-36-42(38-37-41(4)5)35-30-25-20-17-14-11-8-3;1-2/h39H,6-38H2,1-5H3;1-2H3. The van der Waals surface area contributed by atoms with Gasteiger partial charge in [-0.25, -0.2) is 0 Å². The first kappa shape index (κ1) is 47.5. The molecule has 0 rings (SSSR count). The lowest BCUT2D eigenvalue weighted by Gasteiger charge is -2.24. The second-order valence-electron chi connectivity index (χ2n) is 14.2. The van der Waals surface area contributed by atoms with Gasteiger partial charge in [0, 0.05) is 19.5 Å². The van der Waals surface area contributed by atoms with Crippen LogP contribution in [0.3, 0.4) is 0 Å². The van der Waals surface area contributed by atoms with Crippen LogP contribution in [0.4, 0.5) is 0 Å². The van der Waals surface area contributed by atoms with Gasteiger partial charge in [-0.2, -0.15) is 0 Å². The second-order valence-corrected chi connectivity index (χ2v) is 14.2. The Morgan fingerprint density at radius 1 is 0.457 bits per heavy atom. The van der Waals surface area contributed by atoms with Crippen LogP contribution < -0.4 is 0 Å². The van der Waals surface area contributed by atoms with E-state index in [2.05, 4.69) is 44.7 Å². The molecule has 0 N–H and O–H groups in total. The van der Waals surface area contributed by atoms with Gasteiger partial charge >= 0.3 is 5.97 Å². The fourth-order valence-corrected chi connectivity index (χ4v) is 6.27. The molecule has 0 aromatic carbocycles. The molecule has 0 saturated carbocycles. The monoisotopic (exact) mass is 653 g/mol. The zero-order valence-electron chi connectivity index (χ0n) is 33.1. The molecule has 0 spiro atoms. The zero-order chi connectivity index (χ0) is 34.4. The van der Waals surface area contributed by atoms with Crippen molar-refractivity contribution in [1.29, 1.82) is 0 Å². The van der Waals surface area contributed by atoms with Crippen LogP contribution in [0.25, 0.3) is 0 Å². The highest BCUT2D eigenvalue weighted by Crippen LogP contribution is 2.19. The quantitative estimate of drug-likeness (QED) is 0.0498. The van der Waals surface area contributed by atoms with Crippen LogP contribution in [0.15, 0.2) is 0 Å². The van der Waals surface area contributed by atoms with E-state index < -0.39 is 0 Å². The van der Waals surface area contributed by atoms with E-state index in [0.29, 0.717) is 6.42 Å². The van der Waals surface area contributed by atoms with E-state index in [1.807, 2.05) is 13.8 Å². The Morgan fingerprint density at radius 2 is 0.804 bits per heavy atom. The van der Waals surface area contributed by atoms with Crippen molar-refractivity contribution in [2.75, 3.05) is 40.3 Å². The third kappa shape index (κ3) is 37.8.